The van der Waals surface area contributed by atoms with Crippen molar-refractivity contribution in [2.24, 2.45) is 0 Å². The predicted octanol–water partition coefficient (Wildman–Crippen LogP) is 2.58. The zero-order chi connectivity index (χ0) is 16.6. The third-order valence-electron chi connectivity index (χ3n) is 4.84. The van der Waals surface area contributed by atoms with Gasteiger partial charge in [0.2, 0.25) is 5.60 Å². The minimum absolute atomic E-state index is 0.243. The average Bonchev–Trinajstić information content (AvgIpc) is 3.32. The molecule has 0 bridgehead atoms. The number of ether oxygens (including phenoxy) is 3. The number of esters is 1. The number of benzene rings is 1. The largest absolute Gasteiger partial charge is 0.493 e. The van der Waals surface area contributed by atoms with Gasteiger partial charge in [0.1, 0.15) is 0 Å². The normalized spacial score (nSPS) is 26.4. The third kappa shape index (κ3) is 2.60. The van der Waals surface area contributed by atoms with Crippen LogP contribution >= 0.6 is 0 Å². The number of carbonyl (C=O) groups is 1. The van der Waals surface area contributed by atoms with Gasteiger partial charge in [0.25, 0.3) is 0 Å². The summed E-state index contributed by atoms with van der Waals surface area (Å²) in [6.45, 7) is 0.378. The molecule has 1 N–H and O–H groups in total. The van der Waals surface area contributed by atoms with Crippen LogP contribution in [-0.2, 0) is 14.4 Å². The highest BCUT2D eigenvalue weighted by molar-refractivity contribution is 5.88. The Morgan fingerprint density at radius 1 is 1.25 bits per heavy atom. The van der Waals surface area contributed by atoms with Gasteiger partial charge in [-0.2, -0.15) is 0 Å². The molecule has 1 saturated carbocycles. The summed E-state index contributed by atoms with van der Waals surface area (Å²) in [7, 11) is 1.64. The third-order valence-corrected chi connectivity index (χ3v) is 4.84. The molecule has 0 aromatic heterocycles. The summed E-state index contributed by atoms with van der Waals surface area (Å²) >= 11 is 0. The Morgan fingerprint density at radius 2 is 2.08 bits per heavy atom. The SMILES string of the molecule is COc1ccc(C2=CC3(CCOC3=O)ON2)cc1OC1CCCC1. The molecular weight excluding hydrogens is 310 g/mol. The highest BCUT2D eigenvalue weighted by atomic mass is 16.7. The summed E-state index contributed by atoms with van der Waals surface area (Å²) in [5.74, 6) is 1.08. The molecule has 1 aromatic carbocycles. The Labute approximate surface area is 140 Å². The van der Waals surface area contributed by atoms with Crippen molar-refractivity contribution in [2.45, 2.75) is 43.8 Å². The molecule has 2 heterocycles. The molecule has 1 saturated heterocycles. The van der Waals surface area contributed by atoms with Gasteiger partial charge in [0.15, 0.2) is 11.5 Å². The Hall–Kier alpha value is -2.21. The zero-order valence-corrected chi connectivity index (χ0v) is 13.7. The van der Waals surface area contributed by atoms with Crippen LogP contribution in [0, 0.1) is 0 Å². The van der Waals surface area contributed by atoms with Gasteiger partial charge in [-0.1, -0.05) is 0 Å². The smallest absolute Gasteiger partial charge is 0.345 e. The molecule has 1 atom stereocenters. The first-order chi connectivity index (χ1) is 11.7. The molecular formula is C18H21NO5. The van der Waals surface area contributed by atoms with Crippen molar-refractivity contribution in [1.82, 2.24) is 5.48 Å². The Balaban J connectivity index is 1.61. The van der Waals surface area contributed by atoms with Gasteiger partial charge in [-0.3, -0.25) is 10.3 Å². The molecule has 2 fully saturated rings. The van der Waals surface area contributed by atoms with Gasteiger partial charge in [-0.05, 0) is 50.0 Å². The number of rotatable bonds is 4. The molecule has 24 heavy (non-hydrogen) atoms. The fourth-order valence-electron chi connectivity index (χ4n) is 3.45. The van der Waals surface area contributed by atoms with Crippen LogP contribution in [0.4, 0.5) is 0 Å². The highest BCUT2D eigenvalue weighted by Crippen LogP contribution is 2.37. The van der Waals surface area contributed by atoms with E-state index in [9.17, 15) is 4.79 Å². The molecule has 1 unspecified atom stereocenters. The minimum atomic E-state index is -0.998. The van der Waals surface area contributed by atoms with Crippen LogP contribution in [0.25, 0.3) is 5.70 Å². The highest BCUT2D eigenvalue weighted by Gasteiger charge is 2.48. The molecule has 1 spiro atoms. The second-order valence-electron chi connectivity index (χ2n) is 6.43. The number of nitrogens with one attached hydrogen (secondary N) is 1. The first-order valence-electron chi connectivity index (χ1n) is 8.39. The molecule has 4 rings (SSSR count). The molecule has 128 valence electrons. The molecule has 0 radical (unpaired) electrons. The summed E-state index contributed by atoms with van der Waals surface area (Å²) in [6.07, 6.45) is 7.12. The van der Waals surface area contributed by atoms with Gasteiger partial charge in [-0.25, -0.2) is 4.79 Å². The number of hydrogen-bond donors (Lipinski definition) is 1. The van der Waals surface area contributed by atoms with E-state index in [0.717, 1.165) is 29.9 Å². The van der Waals surface area contributed by atoms with E-state index in [2.05, 4.69) is 5.48 Å². The standard InChI is InChI=1S/C18H21NO5/c1-21-15-7-6-12(10-16(15)23-13-4-2-3-5-13)14-11-18(24-19-14)8-9-22-17(18)20/h6-7,10-11,13,19H,2-5,8-9H2,1H3. The zero-order valence-electron chi connectivity index (χ0n) is 13.7. The van der Waals surface area contributed by atoms with Crippen molar-refractivity contribution >= 4 is 11.7 Å². The number of carbonyl (C=O) groups excluding carboxylic acids is 1. The molecule has 3 aliphatic rings. The van der Waals surface area contributed by atoms with Crippen LogP contribution in [0.1, 0.15) is 37.7 Å². The lowest BCUT2D eigenvalue weighted by Gasteiger charge is -2.17. The quantitative estimate of drug-likeness (QED) is 0.856. The monoisotopic (exact) mass is 331 g/mol. The average molecular weight is 331 g/mol. The van der Waals surface area contributed by atoms with E-state index in [1.165, 1.54) is 12.8 Å². The number of hydrogen-bond acceptors (Lipinski definition) is 6. The van der Waals surface area contributed by atoms with Gasteiger partial charge in [-0.15, -0.1) is 0 Å². The van der Waals surface area contributed by atoms with E-state index in [1.54, 1.807) is 13.2 Å². The van der Waals surface area contributed by atoms with Crippen LogP contribution in [0.5, 0.6) is 11.5 Å². The fraction of sp³-hybridized carbons (Fsp3) is 0.500. The van der Waals surface area contributed by atoms with E-state index >= 15 is 0 Å². The lowest BCUT2D eigenvalue weighted by atomic mass is 10.00. The Kier molecular flexibility index (Phi) is 3.84. The maximum absolute atomic E-state index is 11.9. The Morgan fingerprint density at radius 3 is 2.79 bits per heavy atom. The summed E-state index contributed by atoms with van der Waals surface area (Å²) in [5.41, 5.74) is 3.49. The summed E-state index contributed by atoms with van der Waals surface area (Å²) in [5, 5.41) is 0. The first kappa shape index (κ1) is 15.3. The second-order valence-corrected chi connectivity index (χ2v) is 6.43. The number of cyclic esters (lactones) is 1. The van der Waals surface area contributed by atoms with Gasteiger partial charge >= 0.3 is 5.97 Å². The van der Waals surface area contributed by atoms with Crippen LogP contribution in [0.2, 0.25) is 0 Å². The van der Waals surface area contributed by atoms with Crippen LogP contribution in [-0.4, -0.2) is 31.4 Å². The maximum Gasteiger partial charge on any atom is 0.345 e. The van der Waals surface area contributed by atoms with Crippen molar-refractivity contribution in [3.8, 4) is 11.5 Å². The minimum Gasteiger partial charge on any atom is -0.493 e. The van der Waals surface area contributed by atoms with Crippen molar-refractivity contribution in [3.05, 3.63) is 29.8 Å². The van der Waals surface area contributed by atoms with Crippen LogP contribution in [0.15, 0.2) is 24.3 Å². The number of methoxy groups -OCH3 is 1. The lowest BCUT2D eigenvalue weighted by molar-refractivity contribution is -0.155. The van der Waals surface area contributed by atoms with Crippen LogP contribution in [0.3, 0.4) is 0 Å². The van der Waals surface area contributed by atoms with E-state index in [1.807, 2.05) is 18.2 Å². The second kappa shape index (κ2) is 6.02. The fourth-order valence-corrected chi connectivity index (χ4v) is 3.45. The van der Waals surface area contributed by atoms with Crippen molar-refractivity contribution in [2.75, 3.05) is 13.7 Å². The molecule has 6 nitrogen and oxygen atoms in total. The molecule has 0 amide bonds. The van der Waals surface area contributed by atoms with Crippen molar-refractivity contribution < 1.29 is 23.8 Å². The van der Waals surface area contributed by atoms with Gasteiger partial charge in [0.05, 0.1) is 25.5 Å². The summed E-state index contributed by atoms with van der Waals surface area (Å²) in [4.78, 5) is 17.4. The van der Waals surface area contributed by atoms with E-state index < -0.39 is 5.60 Å². The van der Waals surface area contributed by atoms with Gasteiger partial charge < -0.3 is 14.2 Å². The molecule has 6 heteroatoms. The van der Waals surface area contributed by atoms with Crippen molar-refractivity contribution in [3.63, 3.8) is 0 Å². The first-order valence-corrected chi connectivity index (χ1v) is 8.39. The predicted molar refractivity (Wildman–Crippen MR) is 86.4 cm³/mol. The van der Waals surface area contributed by atoms with Crippen LogP contribution < -0.4 is 15.0 Å². The van der Waals surface area contributed by atoms with E-state index in [4.69, 9.17) is 19.0 Å². The topological polar surface area (TPSA) is 66.0 Å². The molecule has 1 aliphatic carbocycles. The maximum atomic E-state index is 11.9. The summed E-state index contributed by atoms with van der Waals surface area (Å²) in [6, 6.07) is 5.72. The molecule has 1 aromatic rings. The Bertz CT molecular complexity index is 680. The summed E-state index contributed by atoms with van der Waals surface area (Å²) < 4.78 is 16.6. The van der Waals surface area contributed by atoms with E-state index in [-0.39, 0.29) is 12.1 Å². The van der Waals surface area contributed by atoms with Gasteiger partial charge in [0, 0.05) is 12.0 Å². The van der Waals surface area contributed by atoms with E-state index in [0.29, 0.717) is 18.8 Å². The lowest BCUT2D eigenvalue weighted by Crippen LogP contribution is -2.34. The number of hydroxylamine groups is 1. The van der Waals surface area contributed by atoms with Crippen molar-refractivity contribution in [1.29, 1.82) is 0 Å². The molecule has 2 aliphatic heterocycles.